The third-order valence-electron chi connectivity index (χ3n) is 3.06. The number of ketones is 1. The lowest BCUT2D eigenvalue weighted by Crippen LogP contribution is -2.12. The number of halogens is 1. The highest BCUT2D eigenvalue weighted by Crippen LogP contribution is 2.19. The molecular formula is C13H16ClN3O2. The van der Waals surface area contributed by atoms with Gasteiger partial charge in [-0.05, 0) is 33.8 Å². The lowest BCUT2D eigenvalue weighted by molar-refractivity contribution is 0.0991. The molecule has 2 rings (SSSR count). The average molecular weight is 282 g/mol. The topological polar surface area (TPSA) is 60.9 Å². The highest BCUT2D eigenvalue weighted by Gasteiger charge is 2.20. The monoisotopic (exact) mass is 281 g/mol. The van der Waals surface area contributed by atoms with Gasteiger partial charge in [0.25, 0.3) is 0 Å². The molecular weight excluding hydrogens is 266 g/mol. The second kappa shape index (κ2) is 5.17. The number of nitrogens with zero attached hydrogens (tertiary/aromatic N) is 3. The highest BCUT2D eigenvalue weighted by molar-refractivity contribution is 6.33. The summed E-state index contributed by atoms with van der Waals surface area (Å²) in [6.45, 7) is 7.74. The van der Waals surface area contributed by atoms with Crippen LogP contribution in [0.3, 0.4) is 0 Å². The fourth-order valence-corrected chi connectivity index (χ4v) is 2.17. The molecule has 0 saturated heterocycles. The summed E-state index contributed by atoms with van der Waals surface area (Å²) >= 11 is 5.86. The lowest BCUT2D eigenvalue weighted by Gasteiger charge is -2.07. The predicted molar refractivity (Wildman–Crippen MR) is 71.7 cm³/mol. The zero-order valence-electron chi connectivity index (χ0n) is 11.4. The molecule has 2 aromatic heterocycles. The van der Waals surface area contributed by atoms with Gasteiger partial charge in [0, 0.05) is 17.0 Å². The molecule has 0 fully saturated rings. The zero-order valence-corrected chi connectivity index (χ0v) is 12.2. The van der Waals surface area contributed by atoms with E-state index in [2.05, 4.69) is 10.1 Å². The van der Waals surface area contributed by atoms with Gasteiger partial charge in [0.1, 0.15) is 6.54 Å². The summed E-state index contributed by atoms with van der Waals surface area (Å²) in [5.41, 5.74) is 2.48. The fourth-order valence-electron chi connectivity index (χ4n) is 2.05. The molecule has 102 valence electrons. The first-order chi connectivity index (χ1) is 8.90. The molecule has 0 aliphatic heterocycles. The van der Waals surface area contributed by atoms with E-state index in [-0.39, 0.29) is 5.78 Å². The van der Waals surface area contributed by atoms with Gasteiger partial charge in [0.05, 0.1) is 5.38 Å². The van der Waals surface area contributed by atoms with Crippen LogP contribution in [0.5, 0.6) is 0 Å². The molecule has 0 aliphatic carbocycles. The van der Waals surface area contributed by atoms with E-state index >= 15 is 0 Å². The van der Waals surface area contributed by atoms with Crippen molar-refractivity contribution in [2.24, 2.45) is 0 Å². The normalized spacial score (nSPS) is 12.7. The number of Topliss-reactive ketones (excluding diaryl/α,β-unsaturated/α-hetero) is 1. The Balaban J connectivity index is 2.34. The molecule has 5 nitrogen and oxygen atoms in total. The maximum absolute atomic E-state index is 12.0. The Morgan fingerprint density at radius 1 is 1.47 bits per heavy atom. The van der Waals surface area contributed by atoms with Crippen LogP contribution in [0.1, 0.15) is 40.4 Å². The van der Waals surface area contributed by atoms with Gasteiger partial charge in [-0.1, -0.05) is 5.16 Å². The maximum Gasteiger partial charge on any atom is 0.246 e. The Morgan fingerprint density at radius 3 is 2.68 bits per heavy atom. The molecule has 2 aromatic rings. The van der Waals surface area contributed by atoms with Gasteiger partial charge >= 0.3 is 0 Å². The van der Waals surface area contributed by atoms with E-state index in [0.717, 1.165) is 11.4 Å². The van der Waals surface area contributed by atoms with Gasteiger partial charge in [-0.3, -0.25) is 4.79 Å². The fraction of sp³-hybridized carbons (Fsp3) is 0.462. The summed E-state index contributed by atoms with van der Waals surface area (Å²) in [7, 11) is 0. The van der Waals surface area contributed by atoms with Crippen LogP contribution in [0, 0.1) is 20.8 Å². The van der Waals surface area contributed by atoms with Crippen molar-refractivity contribution in [2.45, 2.75) is 39.6 Å². The van der Waals surface area contributed by atoms with Crippen LogP contribution in [-0.4, -0.2) is 25.9 Å². The minimum atomic E-state index is -0.528. The molecule has 6 heteroatoms. The molecule has 0 aromatic carbocycles. The molecule has 2 heterocycles. The minimum absolute atomic E-state index is 0.0669. The van der Waals surface area contributed by atoms with Crippen molar-refractivity contribution in [2.75, 3.05) is 0 Å². The second-order valence-electron chi connectivity index (χ2n) is 4.59. The summed E-state index contributed by atoms with van der Waals surface area (Å²) in [5.74, 6) is 1.06. The van der Waals surface area contributed by atoms with E-state index in [4.69, 9.17) is 16.1 Å². The Kier molecular flexibility index (Phi) is 3.75. The summed E-state index contributed by atoms with van der Waals surface area (Å²) in [4.78, 5) is 16.2. The lowest BCUT2D eigenvalue weighted by atomic mass is 10.1. The summed E-state index contributed by atoms with van der Waals surface area (Å²) in [6, 6.07) is 1.85. The molecule has 0 saturated carbocycles. The van der Waals surface area contributed by atoms with Crippen LogP contribution in [0.25, 0.3) is 0 Å². The van der Waals surface area contributed by atoms with E-state index in [1.54, 1.807) is 13.8 Å². The number of hydrogen-bond acceptors (Lipinski definition) is 4. The summed E-state index contributed by atoms with van der Waals surface area (Å²) < 4.78 is 7.07. The van der Waals surface area contributed by atoms with Gasteiger partial charge in [-0.2, -0.15) is 4.98 Å². The van der Waals surface area contributed by atoms with Gasteiger partial charge in [-0.25, -0.2) is 0 Å². The molecule has 1 unspecified atom stereocenters. The number of alkyl halides is 1. The highest BCUT2D eigenvalue weighted by atomic mass is 35.5. The molecule has 1 atom stereocenters. The standard InChI is InChI=1S/C13H16ClN3O2/c1-7-5-11(13(18)8(2)14)9(3)17(7)6-12-15-10(4)16-19-12/h5,8H,6H2,1-4H3. The number of aromatic nitrogens is 3. The zero-order chi connectivity index (χ0) is 14.2. The molecule has 0 N–H and O–H groups in total. The number of carbonyl (C=O) groups excluding carboxylic acids is 1. The molecule has 0 radical (unpaired) electrons. The summed E-state index contributed by atoms with van der Waals surface area (Å²) in [5, 5.41) is 3.23. The van der Waals surface area contributed by atoms with Crippen LogP contribution < -0.4 is 0 Å². The van der Waals surface area contributed by atoms with Crippen molar-refractivity contribution in [3.8, 4) is 0 Å². The first-order valence-electron chi connectivity index (χ1n) is 6.04. The van der Waals surface area contributed by atoms with Crippen molar-refractivity contribution >= 4 is 17.4 Å². The van der Waals surface area contributed by atoms with E-state index in [1.165, 1.54) is 0 Å². The van der Waals surface area contributed by atoms with Crippen molar-refractivity contribution in [1.82, 2.24) is 14.7 Å². The van der Waals surface area contributed by atoms with Crippen molar-refractivity contribution in [3.05, 3.63) is 34.7 Å². The SMILES string of the molecule is Cc1noc(Cn2c(C)cc(C(=O)C(C)Cl)c2C)n1. The number of aryl methyl sites for hydroxylation is 2. The number of carbonyl (C=O) groups is 1. The summed E-state index contributed by atoms with van der Waals surface area (Å²) in [6.07, 6.45) is 0. The molecule has 0 bridgehead atoms. The predicted octanol–water partition coefficient (Wildman–Crippen LogP) is 2.65. The average Bonchev–Trinajstić information content (AvgIpc) is 2.87. The van der Waals surface area contributed by atoms with Crippen LogP contribution in [-0.2, 0) is 6.54 Å². The molecule has 19 heavy (non-hydrogen) atoms. The van der Waals surface area contributed by atoms with Crippen LogP contribution in [0.15, 0.2) is 10.6 Å². The molecule has 0 aliphatic rings. The largest absolute Gasteiger partial charge is 0.339 e. The van der Waals surface area contributed by atoms with E-state index in [0.29, 0.717) is 23.8 Å². The molecule has 0 spiro atoms. The Hall–Kier alpha value is -1.62. The first kappa shape index (κ1) is 13.8. The van der Waals surface area contributed by atoms with E-state index in [9.17, 15) is 4.79 Å². The van der Waals surface area contributed by atoms with Gasteiger partial charge in [0.2, 0.25) is 5.89 Å². The third kappa shape index (κ3) is 2.71. The van der Waals surface area contributed by atoms with Crippen LogP contribution >= 0.6 is 11.6 Å². The van der Waals surface area contributed by atoms with Crippen LogP contribution in [0.2, 0.25) is 0 Å². The molecule has 0 amide bonds. The first-order valence-corrected chi connectivity index (χ1v) is 6.48. The number of rotatable bonds is 4. The van der Waals surface area contributed by atoms with E-state index < -0.39 is 5.38 Å². The Morgan fingerprint density at radius 2 is 2.16 bits per heavy atom. The smallest absolute Gasteiger partial charge is 0.246 e. The third-order valence-corrected chi connectivity index (χ3v) is 3.26. The Labute approximate surface area is 116 Å². The minimum Gasteiger partial charge on any atom is -0.339 e. The van der Waals surface area contributed by atoms with E-state index in [1.807, 2.05) is 24.5 Å². The van der Waals surface area contributed by atoms with Gasteiger partial charge in [0.15, 0.2) is 11.6 Å². The van der Waals surface area contributed by atoms with Gasteiger partial charge in [-0.15, -0.1) is 11.6 Å². The van der Waals surface area contributed by atoms with Crippen molar-refractivity contribution in [3.63, 3.8) is 0 Å². The Bertz CT molecular complexity index is 613. The quantitative estimate of drug-likeness (QED) is 0.638. The number of hydrogen-bond donors (Lipinski definition) is 0. The van der Waals surface area contributed by atoms with Crippen molar-refractivity contribution in [1.29, 1.82) is 0 Å². The van der Waals surface area contributed by atoms with Gasteiger partial charge < -0.3 is 9.09 Å². The maximum atomic E-state index is 12.0. The van der Waals surface area contributed by atoms with Crippen LogP contribution in [0.4, 0.5) is 0 Å². The second-order valence-corrected chi connectivity index (χ2v) is 5.24. The van der Waals surface area contributed by atoms with Crippen molar-refractivity contribution < 1.29 is 9.32 Å².